The van der Waals surface area contributed by atoms with Crippen LogP contribution in [-0.4, -0.2) is 47.6 Å². The Morgan fingerprint density at radius 2 is 1.70 bits per heavy atom. The summed E-state index contributed by atoms with van der Waals surface area (Å²) in [5.41, 5.74) is -0.158. The van der Waals surface area contributed by atoms with Crippen LogP contribution in [0.4, 0.5) is 0 Å². The number of carbonyl (C=O) groups excluding carboxylic acids is 2. The Morgan fingerprint density at radius 3 is 2.26 bits per heavy atom. The molecule has 1 aliphatic heterocycles. The first-order chi connectivity index (χ1) is 11.1. The number of aliphatic hydroxyl groups excluding tert-OH is 1. The molecule has 5 aliphatic rings. The number of nitrogens with one attached hydrogen (secondary N) is 1. The normalized spacial score (nSPS) is 41.3. The van der Waals surface area contributed by atoms with Gasteiger partial charge in [-0.05, 0) is 69.1 Å². The molecule has 5 fully saturated rings. The fourth-order valence-corrected chi connectivity index (χ4v) is 6.26. The van der Waals surface area contributed by atoms with E-state index in [-0.39, 0.29) is 36.4 Å². The molecule has 1 saturated heterocycles. The molecule has 5 heteroatoms. The second kappa shape index (κ2) is 5.76. The van der Waals surface area contributed by atoms with Crippen LogP contribution < -0.4 is 5.32 Å². The maximum atomic E-state index is 13.4. The summed E-state index contributed by atoms with van der Waals surface area (Å²) in [7, 11) is 0. The number of hydrogen-bond donors (Lipinski definition) is 2. The van der Waals surface area contributed by atoms with Crippen LogP contribution in [0, 0.1) is 23.2 Å². The van der Waals surface area contributed by atoms with Crippen LogP contribution in [0.15, 0.2) is 0 Å². The van der Waals surface area contributed by atoms with Crippen LogP contribution in [0.1, 0.15) is 51.4 Å². The summed E-state index contributed by atoms with van der Waals surface area (Å²) in [5.74, 6) is 2.41. The van der Waals surface area contributed by atoms with Gasteiger partial charge >= 0.3 is 0 Å². The molecule has 2 N–H and O–H groups in total. The zero-order valence-corrected chi connectivity index (χ0v) is 13.8. The first kappa shape index (κ1) is 15.4. The van der Waals surface area contributed by atoms with E-state index in [4.69, 9.17) is 5.11 Å². The smallest absolute Gasteiger partial charge is 0.242 e. The Kier molecular flexibility index (Phi) is 3.87. The Hall–Kier alpha value is -1.10. The minimum absolute atomic E-state index is 0.0542. The Labute approximate surface area is 137 Å². The molecule has 0 spiro atoms. The second-order valence-corrected chi connectivity index (χ2v) is 8.37. The molecule has 0 aromatic heterocycles. The lowest BCUT2D eigenvalue weighted by molar-refractivity contribution is -0.160. The van der Waals surface area contributed by atoms with Crippen LogP contribution in [0.5, 0.6) is 0 Å². The molecule has 4 saturated carbocycles. The quantitative estimate of drug-likeness (QED) is 0.820. The minimum atomic E-state index is -0.318. The van der Waals surface area contributed by atoms with Gasteiger partial charge in [0.25, 0.3) is 0 Å². The van der Waals surface area contributed by atoms with E-state index < -0.39 is 0 Å². The van der Waals surface area contributed by atoms with Gasteiger partial charge in [0, 0.05) is 13.1 Å². The molecule has 23 heavy (non-hydrogen) atoms. The Balaban J connectivity index is 1.51. The number of carbonyl (C=O) groups is 2. The lowest BCUT2D eigenvalue weighted by Gasteiger charge is -2.56. The molecule has 0 radical (unpaired) electrons. The highest BCUT2D eigenvalue weighted by molar-refractivity contribution is 5.91. The van der Waals surface area contributed by atoms with Crippen molar-refractivity contribution < 1.29 is 14.7 Å². The summed E-state index contributed by atoms with van der Waals surface area (Å²) >= 11 is 0. The summed E-state index contributed by atoms with van der Waals surface area (Å²) in [5, 5.41) is 11.6. The number of aliphatic hydroxyl groups is 1. The molecule has 4 aliphatic carbocycles. The molecule has 4 bridgehead atoms. The van der Waals surface area contributed by atoms with Crippen LogP contribution >= 0.6 is 0 Å². The van der Waals surface area contributed by atoms with Crippen LogP contribution in [0.3, 0.4) is 0 Å². The van der Waals surface area contributed by atoms with E-state index in [1.54, 1.807) is 0 Å². The molecule has 1 heterocycles. The topological polar surface area (TPSA) is 69.6 Å². The van der Waals surface area contributed by atoms with E-state index in [1.807, 2.05) is 4.90 Å². The molecule has 5 rings (SSSR count). The summed E-state index contributed by atoms with van der Waals surface area (Å²) in [6.45, 7) is 0.938. The molecule has 0 aromatic carbocycles. The van der Waals surface area contributed by atoms with Crippen LogP contribution in [-0.2, 0) is 9.59 Å². The van der Waals surface area contributed by atoms with E-state index >= 15 is 0 Å². The molecule has 128 valence electrons. The van der Waals surface area contributed by atoms with Gasteiger partial charge in [-0.2, -0.15) is 0 Å². The van der Waals surface area contributed by atoms with E-state index in [0.717, 1.165) is 56.4 Å². The minimum Gasteiger partial charge on any atom is -0.395 e. The zero-order chi connectivity index (χ0) is 16.0. The highest BCUT2D eigenvalue weighted by Crippen LogP contribution is 2.60. The molecular formula is C18H28N2O3. The summed E-state index contributed by atoms with van der Waals surface area (Å²) in [4.78, 5) is 27.6. The maximum absolute atomic E-state index is 13.4. The van der Waals surface area contributed by atoms with Crippen LogP contribution in [0.25, 0.3) is 0 Å². The number of amides is 2. The first-order valence-electron chi connectivity index (χ1n) is 9.31. The third kappa shape index (κ3) is 2.57. The second-order valence-electron chi connectivity index (χ2n) is 8.37. The van der Waals surface area contributed by atoms with Crippen LogP contribution in [0.2, 0.25) is 0 Å². The summed E-state index contributed by atoms with van der Waals surface area (Å²) in [6.07, 6.45) is 8.81. The number of nitrogens with zero attached hydrogens (tertiary/aromatic N) is 1. The predicted octanol–water partition coefficient (Wildman–Crippen LogP) is 1.30. The maximum Gasteiger partial charge on any atom is 0.242 e. The van der Waals surface area contributed by atoms with Crippen molar-refractivity contribution in [3.8, 4) is 0 Å². The molecule has 5 nitrogen and oxygen atoms in total. The summed E-state index contributed by atoms with van der Waals surface area (Å²) in [6, 6.07) is -0.318. The average Bonchev–Trinajstić information content (AvgIpc) is 3.00. The SMILES string of the molecule is O=C(NCCO)C1CCCN1C(=O)C12CC3CC(CC(C3)C1)C2. The molecule has 0 aromatic rings. The number of rotatable bonds is 4. The number of hydrogen-bond acceptors (Lipinski definition) is 3. The van der Waals surface area contributed by atoms with Gasteiger partial charge in [-0.15, -0.1) is 0 Å². The monoisotopic (exact) mass is 320 g/mol. The summed E-state index contributed by atoms with van der Waals surface area (Å²) < 4.78 is 0. The van der Waals surface area contributed by atoms with E-state index in [1.165, 1.54) is 19.3 Å². The van der Waals surface area contributed by atoms with Gasteiger partial charge in [0.1, 0.15) is 6.04 Å². The third-order valence-corrected chi connectivity index (χ3v) is 6.72. The first-order valence-corrected chi connectivity index (χ1v) is 9.31. The van der Waals surface area contributed by atoms with Gasteiger partial charge in [-0.1, -0.05) is 0 Å². The van der Waals surface area contributed by atoms with Crippen molar-refractivity contribution in [1.29, 1.82) is 0 Å². The predicted molar refractivity (Wildman–Crippen MR) is 85.4 cm³/mol. The van der Waals surface area contributed by atoms with Crippen molar-refractivity contribution in [2.45, 2.75) is 57.4 Å². The van der Waals surface area contributed by atoms with Gasteiger partial charge in [0.05, 0.1) is 12.0 Å². The van der Waals surface area contributed by atoms with Crippen molar-refractivity contribution in [2.75, 3.05) is 19.7 Å². The molecule has 1 atom stereocenters. The van der Waals surface area contributed by atoms with E-state index in [2.05, 4.69) is 5.32 Å². The van der Waals surface area contributed by atoms with Crippen molar-refractivity contribution in [1.82, 2.24) is 10.2 Å². The third-order valence-electron chi connectivity index (χ3n) is 6.72. The molecule has 1 unspecified atom stereocenters. The van der Waals surface area contributed by atoms with Gasteiger partial charge < -0.3 is 15.3 Å². The number of likely N-dealkylation sites (tertiary alicyclic amines) is 1. The molecule has 2 amide bonds. The lowest BCUT2D eigenvalue weighted by atomic mass is 9.49. The van der Waals surface area contributed by atoms with Crippen molar-refractivity contribution in [3.63, 3.8) is 0 Å². The van der Waals surface area contributed by atoms with Gasteiger partial charge in [-0.3, -0.25) is 9.59 Å². The zero-order valence-electron chi connectivity index (χ0n) is 13.8. The van der Waals surface area contributed by atoms with Gasteiger partial charge in [-0.25, -0.2) is 0 Å². The molecular weight excluding hydrogens is 292 g/mol. The van der Waals surface area contributed by atoms with Gasteiger partial charge in [0.15, 0.2) is 0 Å². The largest absolute Gasteiger partial charge is 0.395 e. The lowest BCUT2D eigenvalue weighted by Crippen LogP contribution is -2.57. The highest BCUT2D eigenvalue weighted by atomic mass is 16.3. The van der Waals surface area contributed by atoms with E-state index in [9.17, 15) is 9.59 Å². The van der Waals surface area contributed by atoms with Crippen molar-refractivity contribution >= 4 is 11.8 Å². The van der Waals surface area contributed by atoms with Crippen molar-refractivity contribution in [2.24, 2.45) is 23.2 Å². The fourth-order valence-electron chi connectivity index (χ4n) is 6.26. The highest BCUT2D eigenvalue weighted by Gasteiger charge is 2.56. The Morgan fingerprint density at radius 1 is 1.09 bits per heavy atom. The van der Waals surface area contributed by atoms with Gasteiger partial charge in [0.2, 0.25) is 11.8 Å². The average molecular weight is 320 g/mol. The fraction of sp³-hybridized carbons (Fsp3) is 0.889. The standard InChI is InChI=1S/C18H28N2O3/c21-5-3-19-16(22)15-2-1-4-20(15)17(23)18-9-12-6-13(10-18)8-14(7-12)11-18/h12-15,21H,1-11H2,(H,19,22). The van der Waals surface area contributed by atoms with Crippen molar-refractivity contribution in [3.05, 3.63) is 0 Å². The van der Waals surface area contributed by atoms with E-state index in [0.29, 0.717) is 0 Å². The Bertz CT molecular complexity index is 469.